The zero-order chi connectivity index (χ0) is 21.0. The molecule has 0 fully saturated rings. The molecule has 0 spiro atoms. The minimum atomic E-state index is 0.320. The maximum Gasteiger partial charge on any atom is 0.0654 e. The lowest BCUT2D eigenvalue weighted by atomic mass is 10.00. The molecule has 3 rings (SSSR count). The standard InChI is InChI=1S/C24H25FN4S/c25-30-14-13-29-24-9-8-20(15-19-5-2-1-3-6-19)16-22(24)23(26)10-12-28-18-21-7-4-11-27-17-21/h1-12,16-17,29H,13-15,18,26H2/b23-10-,28-12?. The average Bonchev–Trinajstić information content (AvgIpc) is 2.79. The normalized spacial score (nSPS) is 11.7. The van der Waals surface area contributed by atoms with Crippen molar-refractivity contribution >= 4 is 29.7 Å². The van der Waals surface area contributed by atoms with Gasteiger partial charge in [0, 0.05) is 60.0 Å². The number of hydrogen-bond acceptors (Lipinski definition) is 5. The van der Waals surface area contributed by atoms with Crippen molar-refractivity contribution in [3.8, 4) is 0 Å². The first-order valence-electron chi connectivity index (χ1n) is 9.75. The van der Waals surface area contributed by atoms with Gasteiger partial charge in [-0.25, -0.2) is 0 Å². The molecule has 0 amide bonds. The van der Waals surface area contributed by atoms with Crippen LogP contribution in [0.15, 0.2) is 84.1 Å². The van der Waals surface area contributed by atoms with Gasteiger partial charge in [0.25, 0.3) is 0 Å². The molecule has 0 radical (unpaired) electrons. The molecule has 0 aliphatic rings. The topological polar surface area (TPSA) is 63.3 Å². The van der Waals surface area contributed by atoms with Crippen molar-refractivity contribution in [2.75, 3.05) is 17.6 Å². The summed E-state index contributed by atoms with van der Waals surface area (Å²) in [5.74, 6) is 0.376. The summed E-state index contributed by atoms with van der Waals surface area (Å²) in [5.41, 5.74) is 12.2. The van der Waals surface area contributed by atoms with Gasteiger partial charge in [-0.1, -0.05) is 42.5 Å². The Bertz CT molecular complexity index is 975. The summed E-state index contributed by atoms with van der Waals surface area (Å²) in [4.78, 5) is 8.49. The van der Waals surface area contributed by atoms with E-state index in [1.54, 1.807) is 24.7 Å². The molecule has 0 atom stereocenters. The number of benzene rings is 2. The Balaban J connectivity index is 1.77. The van der Waals surface area contributed by atoms with E-state index in [-0.39, 0.29) is 0 Å². The van der Waals surface area contributed by atoms with Crippen molar-refractivity contribution in [2.24, 2.45) is 10.7 Å². The van der Waals surface area contributed by atoms with Crippen LogP contribution in [-0.4, -0.2) is 23.5 Å². The van der Waals surface area contributed by atoms with Crippen LogP contribution in [0.1, 0.15) is 22.3 Å². The van der Waals surface area contributed by atoms with Gasteiger partial charge in [-0.3, -0.25) is 9.98 Å². The molecule has 1 heterocycles. The smallest absolute Gasteiger partial charge is 0.0654 e. The van der Waals surface area contributed by atoms with Crippen molar-refractivity contribution in [3.63, 3.8) is 0 Å². The van der Waals surface area contributed by atoms with E-state index >= 15 is 0 Å². The van der Waals surface area contributed by atoms with Gasteiger partial charge in [-0.15, -0.1) is 0 Å². The molecule has 0 saturated heterocycles. The zero-order valence-corrected chi connectivity index (χ0v) is 17.5. The number of anilines is 1. The number of hydrogen-bond donors (Lipinski definition) is 2. The van der Waals surface area contributed by atoms with E-state index in [9.17, 15) is 3.89 Å². The summed E-state index contributed by atoms with van der Waals surface area (Å²) in [6, 6.07) is 20.3. The Kier molecular flexibility index (Phi) is 8.47. The van der Waals surface area contributed by atoms with Gasteiger partial charge in [0.1, 0.15) is 0 Å². The summed E-state index contributed by atoms with van der Waals surface area (Å²) in [6.45, 7) is 1.07. The highest BCUT2D eigenvalue weighted by molar-refractivity contribution is 7.94. The van der Waals surface area contributed by atoms with Crippen LogP contribution in [0, 0.1) is 0 Å². The average molecular weight is 421 g/mol. The van der Waals surface area contributed by atoms with Gasteiger partial charge in [0.2, 0.25) is 0 Å². The lowest BCUT2D eigenvalue weighted by molar-refractivity contribution is 0.932. The second kappa shape index (κ2) is 11.8. The summed E-state index contributed by atoms with van der Waals surface area (Å²) in [7, 11) is 0. The molecule has 0 bridgehead atoms. The fourth-order valence-electron chi connectivity index (χ4n) is 3.02. The molecular weight excluding hydrogens is 395 g/mol. The summed E-state index contributed by atoms with van der Waals surface area (Å²) in [6.07, 6.45) is 7.86. The van der Waals surface area contributed by atoms with Crippen LogP contribution >= 0.6 is 12.1 Å². The van der Waals surface area contributed by atoms with Crippen LogP contribution < -0.4 is 11.1 Å². The summed E-state index contributed by atoms with van der Waals surface area (Å²) >= 11 is 0.320. The number of pyridine rings is 1. The third kappa shape index (κ3) is 6.74. The Morgan fingerprint density at radius 2 is 1.90 bits per heavy atom. The molecule has 4 nitrogen and oxygen atoms in total. The van der Waals surface area contributed by atoms with E-state index in [4.69, 9.17) is 5.73 Å². The fraction of sp³-hybridized carbons (Fsp3) is 0.167. The number of nitrogens with one attached hydrogen (secondary N) is 1. The van der Waals surface area contributed by atoms with E-state index in [2.05, 4.69) is 39.6 Å². The molecule has 30 heavy (non-hydrogen) atoms. The maximum absolute atomic E-state index is 12.4. The van der Waals surface area contributed by atoms with Gasteiger partial charge in [-0.05, 0) is 47.4 Å². The Labute approximate surface area is 181 Å². The van der Waals surface area contributed by atoms with E-state index < -0.39 is 0 Å². The zero-order valence-electron chi connectivity index (χ0n) is 16.7. The summed E-state index contributed by atoms with van der Waals surface area (Å²) < 4.78 is 12.4. The second-order valence-electron chi connectivity index (χ2n) is 6.76. The first kappa shape index (κ1) is 21.6. The first-order valence-corrected chi connectivity index (χ1v) is 10.6. The van der Waals surface area contributed by atoms with E-state index in [1.165, 1.54) is 5.56 Å². The molecule has 0 aliphatic carbocycles. The predicted molar refractivity (Wildman–Crippen MR) is 126 cm³/mol. The van der Waals surface area contributed by atoms with Crippen molar-refractivity contribution in [1.82, 2.24) is 4.98 Å². The number of allylic oxidation sites excluding steroid dienone is 1. The minimum Gasteiger partial charge on any atom is -0.398 e. The number of nitrogens with zero attached hydrogens (tertiary/aromatic N) is 2. The highest BCUT2D eigenvalue weighted by Crippen LogP contribution is 2.24. The fourth-order valence-corrected chi connectivity index (χ4v) is 3.20. The van der Waals surface area contributed by atoms with Crippen LogP contribution in [0.4, 0.5) is 9.57 Å². The van der Waals surface area contributed by atoms with E-state index in [0.29, 0.717) is 36.7 Å². The van der Waals surface area contributed by atoms with Gasteiger partial charge in [0.05, 0.1) is 6.54 Å². The third-order valence-corrected chi connectivity index (χ3v) is 4.86. The maximum atomic E-state index is 12.4. The van der Waals surface area contributed by atoms with Crippen molar-refractivity contribution < 1.29 is 3.89 Å². The van der Waals surface area contributed by atoms with Crippen molar-refractivity contribution in [1.29, 1.82) is 0 Å². The number of rotatable bonds is 10. The van der Waals surface area contributed by atoms with Crippen LogP contribution in [0.25, 0.3) is 5.70 Å². The molecule has 1 aromatic heterocycles. The first-order chi connectivity index (χ1) is 14.8. The molecule has 3 aromatic rings. The number of aromatic nitrogens is 1. The Morgan fingerprint density at radius 3 is 2.67 bits per heavy atom. The number of nitrogens with two attached hydrogens (primary N) is 1. The van der Waals surface area contributed by atoms with Gasteiger partial charge < -0.3 is 11.1 Å². The quantitative estimate of drug-likeness (QED) is 0.346. The van der Waals surface area contributed by atoms with Crippen molar-refractivity contribution in [2.45, 2.75) is 13.0 Å². The second-order valence-corrected chi connectivity index (χ2v) is 7.38. The lowest BCUT2D eigenvalue weighted by Crippen LogP contribution is -2.08. The van der Waals surface area contributed by atoms with Gasteiger partial charge >= 0.3 is 0 Å². The highest BCUT2D eigenvalue weighted by atomic mass is 32.2. The molecule has 154 valence electrons. The highest BCUT2D eigenvalue weighted by Gasteiger charge is 2.07. The van der Waals surface area contributed by atoms with Crippen LogP contribution in [0.2, 0.25) is 0 Å². The van der Waals surface area contributed by atoms with Crippen LogP contribution in [-0.2, 0) is 13.0 Å². The predicted octanol–water partition coefficient (Wildman–Crippen LogP) is 5.27. The van der Waals surface area contributed by atoms with E-state index in [0.717, 1.165) is 28.8 Å². The van der Waals surface area contributed by atoms with Gasteiger partial charge in [0.15, 0.2) is 0 Å². The molecule has 0 aliphatic heterocycles. The molecular formula is C24H25FN4S. The third-order valence-electron chi connectivity index (χ3n) is 4.50. The summed E-state index contributed by atoms with van der Waals surface area (Å²) in [5, 5.41) is 3.27. The number of aliphatic imine (C=N–C) groups is 1. The Hall–Kier alpha value is -3.12. The SMILES string of the molecule is N/C(=C\C=NCc1cccnc1)c1cc(Cc2ccccc2)ccc1NCCSF. The molecule has 3 N–H and O–H groups in total. The molecule has 2 aromatic carbocycles. The van der Waals surface area contributed by atoms with E-state index in [1.807, 2.05) is 36.4 Å². The van der Waals surface area contributed by atoms with Crippen LogP contribution in [0.5, 0.6) is 0 Å². The molecule has 0 saturated carbocycles. The number of halogens is 1. The Morgan fingerprint density at radius 1 is 1.07 bits per heavy atom. The van der Waals surface area contributed by atoms with Gasteiger partial charge in [-0.2, -0.15) is 3.89 Å². The monoisotopic (exact) mass is 420 g/mol. The lowest BCUT2D eigenvalue weighted by Gasteiger charge is -2.14. The minimum absolute atomic E-state index is 0.320. The van der Waals surface area contributed by atoms with Crippen LogP contribution in [0.3, 0.4) is 0 Å². The largest absolute Gasteiger partial charge is 0.398 e. The molecule has 6 heteroatoms. The molecule has 0 unspecified atom stereocenters. The van der Waals surface area contributed by atoms with Crippen molar-refractivity contribution in [3.05, 3.63) is 101 Å².